The molecule has 4 heteroatoms. The van der Waals surface area contributed by atoms with Crippen LogP contribution < -0.4 is 0 Å². The lowest BCUT2D eigenvalue weighted by Gasteiger charge is -2.40. The zero-order chi connectivity index (χ0) is 8.65. The number of ether oxygens (including phenoxy) is 1. The molecule has 4 nitrogen and oxygen atoms in total. The van der Waals surface area contributed by atoms with E-state index in [9.17, 15) is 10.2 Å². The van der Waals surface area contributed by atoms with Crippen molar-refractivity contribution in [2.45, 2.75) is 44.4 Å². The summed E-state index contributed by atoms with van der Waals surface area (Å²) in [5.74, 6) is 0. The first-order valence-corrected chi connectivity index (χ1v) is 3.67. The van der Waals surface area contributed by atoms with Crippen molar-refractivity contribution in [1.82, 2.24) is 0 Å². The lowest BCUT2D eigenvalue weighted by molar-refractivity contribution is -0.256. The van der Waals surface area contributed by atoms with Gasteiger partial charge in [-0.3, -0.25) is 0 Å². The zero-order valence-corrected chi connectivity index (χ0v) is 6.69. The molecule has 0 saturated carbocycles. The van der Waals surface area contributed by atoms with Gasteiger partial charge in [0.15, 0.2) is 6.29 Å². The molecule has 4 atom stereocenters. The van der Waals surface area contributed by atoms with E-state index in [2.05, 4.69) is 0 Å². The summed E-state index contributed by atoms with van der Waals surface area (Å²) in [6.45, 7) is 3.10. The normalized spacial score (nSPS) is 52.6. The standard InChI is InChI=1S/C7H14O4/c1-4-6(9)7(2,10)3-5(8)11-4/h4-6,8-10H,3H2,1-2H3/p+1/t4-,5-,6-,7+/m1/s1. The van der Waals surface area contributed by atoms with Crippen LogP contribution in [0.4, 0.5) is 0 Å². The van der Waals surface area contributed by atoms with Gasteiger partial charge in [-0.25, -0.2) is 0 Å². The fourth-order valence-corrected chi connectivity index (χ4v) is 1.35. The second-order valence-corrected chi connectivity index (χ2v) is 3.30. The van der Waals surface area contributed by atoms with E-state index in [0.29, 0.717) is 0 Å². The highest BCUT2D eigenvalue weighted by atomic mass is 16.6. The Hall–Kier alpha value is -0.160. The summed E-state index contributed by atoms with van der Waals surface area (Å²) >= 11 is 0. The molecule has 0 radical (unpaired) electrons. The minimum atomic E-state index is -1.24. The van der Waals surface area contributed by atoms with Crippen molar-refractivity contribution in [1.29, 1.82) is 0 Å². The Labute approximate surface area is 66.9 Å². The molecule has 3 N–H and O–H groups in total. The van der Waals surface area contributed by atoms with E-state index in [-0.39, 0.29) is 7.85 Å². The van der Waals surface area contributed by atoms with Gasteiger partial charge in [-0.15, -0.1) is 0 Å². The molecule has 1 heterocycles. The Morgan fingerprint density at radius 1 is 1.55 bits per heavy atom. The lowest BCUT2D eigenvalue weighted by atomic mass is 9.89. The van der Waals surface area contributed by atoms with Gasteiger partial charge in [0, 0.05) is 6.42 Å². The van der Waals surface area contributed by atoms with Crippen LogP contribution in [0.3, 0.4) is 0 Å². The average molecular weight is 163 g/mol. The highest BCUT2D eigenvalue weighted by molar-refractivity contribution is 4.90. The van der Waals surface area contributed by atoms with Gasteiger partial charge < -0.3 is 20.1 Å². The summed E-state index contributed by atoms with van der Waals surface area (Å²) < 4.78 is 4.88. The van der Waals surface area contributed by atoms with Crippen LogP contribution in [-0.4, -0.2) is 39.4 Å². The molecule has 1 fully saturated rings. The minimum absolute atomic E-state index is 0. The van der Waals surface area contributed by atoms with Gasteiger partial charge in [-0.1, -0.05) is 0 Å². The first-order chi connectivity index (χ1) is 4.93. The molecule has 0 aliphatic carbocycles. The highest BCUT2D eigenvalue weighted by Crippen LogP contribution is 2.27. The topological polar surface area (TPSA) is 69.9 Å². The summed E-state index contributed by atoms with van der Waals surface area (Å²) in [6.07, 6.45) is -2.36. The first kappa shape index (κ1) is 8.93. The van der Waals surface area contributed by atoms with E-state index in [0.717, 1.165) is 0 Å². The second kappa shape index (κ2) is 2.71. The average Bonchev–Trinajstić information content (AvgIpc) is 1.81. The fourth-order valence-electron chi connectivity index (χ4n) is 1.35. The van der Waals surface area contributed by atoms with Gasteiger partial charge in [0.1, 0.15) is 6.10 Å². The Morgan fingerprint density at radius 3 is 2.55 bits per heavy atom. The summed E-state index contributed by atoms with van der Waals surface area (Å²) in [5, 5.41) is 27.9. The van der Waals surface area contributed by atoms with E-state index in [1.165, 1.54) is 6.92 Å². The summed E-state index contributed by atoms with van der Waals surface area (Å²) in [6, 6.07) is 0. The van der Waals surface area contributed by atoms with E-state index in [1.807, 2.05) is 0 Å². The van der Waals surface area contributed by atoms with E-state index in [4.69, 9.17) is 9.84 Å². The molecule has 11 heavy (non-hydrogen) atoms. The first-order valence-electron chi connectivity index (χ1n) is 3.67. The minimum Gasteiger partial charge on any atom is -0.387 e. The second-order valence-electron chi connectivity index (χ2n) is 3.30. The molecule has 1 aliphatic heterocycles. The summed E-state index contributed by atoms with van der Waals surface area (Å²) in [5.41, 5.74) is -1.24. The van der Waals surface area contributed by atoms with E-state index >= 15 is 0 Å². The van der Waals surface area contributed by atoms with Crippen LogP contribution in [0.25, 0.3) is 0 Å². The maximum absolute atomic E-state index is 9.49. The molecule has 1 saturated heterocycles. The quantitative estimate of drug-likeness (QED) is 0.443. The van der Waals surface area contributed by atoms with Crippen LogP contribution in [0.5, 0.6) is 0 Å². The van der Waals surface area contributed by atoms with Gasteiger partial charge in [-0.05, 0) is 13.8 Å². The fraction of sp³-hybridized carbons (Fsp3) is 1.00. The van der Waals surface area contributed by atoms with Gasteiger partial charge in [-0.2, -0.15) is 0 Å². The largest absolute Gasteiger partial charge is 1.00 e. The SMILES string of the molecule is C[C@H]1O[C@@H](O)C[C@](C)(O)[C@@H]1O.[H+]. The van der Waals surface area contributed by atoms with Gasteiger partial charge in [0.2, 0.25) is 0 Å². The van der Waals surface area contributed by atoms with Crippen molar-refractivity contribution >= 4 is 0 Å². The van der Waals surface area contributed by atoms with E-state index in [1.54, 1.807) is 6.92 Å². The molecule has 1 rings (SSSR count). The molecule has 1 aliphatic rings. The van der Waals surface area contributed by atoms with Crippen molar-refractivity contribution in [2.75, 3.05) is 0 Å². The number of aliphatic hydroxyl groups is 3. The third-order valence-electron chi connectivity index (χ3n) is 2.04. The molecular weight excluding hydrogens is 148 g/mol. The lowest BCUT2D eigenvalue weighted by Crippen LogP contribution is -2.54. The Kier molecular flexibility index (Phi) is 2.20. The van der Waals surface area contributed by atoms with Crippen LogP contribution >= 0.6 is 0 Å². The molecule has 0 unspecified atom stereocenters. The Bertz CT molecular complexity index is 150. The molecular formula is C7H15O4+. The van der Waals surface area contributed by atoms with Crippen LogP contribution in [0.1, 0.15) is 21.7 Å². The molecule has 0 bridgehead atoms. The van der Waals surface area contributed by atoms with Crippen molar-refractivity contribution in [2.24, 2.45) is 0 Å². The Balaban J connectivity index is 0.00000121. The zero-order valence-electron chi connectivity index (χ0n) is 7.69. The molecule has 0 aromatic rings. The third-order valence-corrected chi connectivity index (χ3v) is 2.04. The van der Waals surface area contributed by atoms with Gasteiger partial charge in [0.25, 0.3) is 0 Å². The maximum atomic E-state index is 9.49. The van der Waals surface area contributed by atoms with Crippen LogP contribution in [0.15, 0.2) is 0 Å². The highest BCUT2D eigenvalue weighted by Gasteiger charge is 2.42. The molecule has 0 spiro atoms. The van der Waals surface area contributed by atoms with Crippen LogP contribution in [0, 0.1) is 0 Å². The van der Waals surface area contributed by atoms with Crippen LogP contribution in [0.2, 0.25) is 0 Å². The third kappa shape index (κ3) is 1.70. The monoisotopic (exact) mass is 163 g/mol. The molecule has 66 valence electrons. The predicted molar refractivity (Wildman–Crippen MR) is 38.9 cm³/mol. The van der Waals surface area contributed by atoms with Crippen molar-refractivity contribution in [3.8, 4) is 0 Å². The number of hydrogen-bond donors (Lipinski definition) is 3. The van der Waals surface area contributed by atoms with Crippen molar-refractivity contribution in [3.63, 3.8) is 0 Å². The van der Waals surface area contributed by atoms with Crippen LogP contribution in [-0.2, 0) is 4.74 Å². The van der Waals surface area contributed by atoms with E-state index < -0.39 is 24.1 Å². The molecule has 0 amide bonds. The smallest absolute Gasteiger partial charge is 0.387 e. The Morgan fingerprint density at radius 2 is 2.09 bits per heavy atom. The maximum Gasteiger partial charge on any atom is 1.00 e. The van der Waals surface area contributed by atoms with Crippen molar-refractivity contribution in [3.05, 3.63) is 0 Å². The summed E-state index contributed by atoms with van der Waals surface area (Å²) in [7, 11) is 0. The predicted octanol–water partition coefficient (Wildman–Crippen LogP) is -0.662. The molecule has 0 aromatic carbocycles. The van der Waals surface area contributed by atoms with Crippen molar-refractivity contribution < 1.29 is 21.5 Å². The molecule has 0 aromatic heterocycles. The van der Waals surface area contributed by atoms with Gasteiger partial charge in [0.05, 0.1) is 11.7 Å². The number of rotatable bonds is 0. The number of aliphatic hydroxyl groups excluding tert-OH is 2. The number of hydrogen-bond acceptors (Lipinski definition) is 4. The van der Waals surface area contributed by atoms with Gasteiger partial charge >= 0.3 is 1.43 Å². The summed E-state index contributed by atoms with van der Waals surface area (Å²) in [4.78, 5) is 0.